The lowest BCUT2D eigenvalue weighted by Crippen LogP contribution is -2.51. The molecule has 0 radical (unpaired) electrons. The van der Waals surface area contributed by atoms with E-state index in [1.54, 1.807) is 6.92 Å². The van der Waals surface area contributed by atoms with Gasteiger partial charge in [0, 0.05) is 32.1 Å². The second kappa shape index (κ2) is 6.57. The summed E-state index contributed by atoms with van der Waals surface area (Å²) in [6, 6.07) is 0.746. The predicted octanol–water partition coefficient (Wildman–Crippen LogP) is 1.28. The first-order valence-electron chi connectivity index (χ1n) is 8.86. The molecule has 0 aromatic heterocycles. The van der Waals surface area contributed by atoms with Gasteiger partial charge in [0.05, 0.1) is 6.04 Å². The molecule has 1 aliphatic carbocycles. The maximum Gasteiger partial charge on any atom is 0.237 e. The zero-order valence-electron chi connectivity index (χ0n) is 13.8. The lowest BCUT2D eigenvalue weighted by Gasteiger charge is -2.32. The molecule has 0 spiro atoms. The number of likely N-dealkylation sites (tertiary alicyclic amines) is 1. The van der Waals surface area contributed by atoms with E-state index in [4.69, 9.17) is 0 Å². The normalized spacial score (nSPS) is 36.0. The Morgan fingerprint density at radius 3 is 2.50 bits per heavy atom. The molecule has 1 saturated carbocycles. The molecule has 0 aromatic rings. The van der Waals surface area contributed by atoms with E-state index in [0.717, 1.165) is 32.4 Å². The number of hydrogen-bond donors (Lipinski definition) is 2. The zero-order valence-corrected chi connectivity index (χ0v) is 13.8. The van der Waals surface area contributed by atoms with Crippen LogP contribution in [-0.2, 0) is 9.59 Å². The maximum atomic E-state index is 12.5. The molecule has 2 heterocycles. The predicted molar refractivity (Wildman–Crippen MR) is 85.3 cm³/mol. The second-order valence-corrected chi connectivity index (χ2v) is 7.44. The molecule has 5 heteroatoms. The van der Waals surface area contributed by atoms with Gasteiger partial charge in [-0.3, -0.25) is 9.59 Å². The lowest BCUT2D eigenvalue weighted by atomic mass is 9.78. The number of hydrogen-bond acceptors (Lipinski definition) is 3. The van der Waals surface area contributed by atoms with Gasteiger partial charge >= 0.3 is 0 Å². The van der Waals surface area contributed by atoms with Crippen molar-refractivity contribution >= 4 is 11.8 Å². The summed E-state index contributed by atoms with van der Waals surface area (Å²) in [5.41, 5.74) is 0. The van der Waals surface area contributed by atoms with Gasteiger partial charge < -0.3 is 15.5 Å². The number of piperidine rings is 1. The van der Waals surface area contributed by atoms with Crippen molar-refractivity contribution in [2.24, 2.45) is 11.8 Å². The molecular weight excluding hydrogens is 278 g/mol. The first kappa shape index (κ1) is 15.8. The van der Waals surface area contributed by atoms with Gasteiger partial charge in [-0.05, 0) is 43.9 Å². The van der Waals surface area contributed by atoms with Crippen LogP contribution in [0.25, 0.3) is 0 Å². The van der Waals surface area contributed by atoms with Crippen molar-refractivity contribution in [2.45, 2.75) is 70.5 Å². The topological polar surface area (TPSA) is 61.4 Å². The third-order valence-electron chi connectivity index (χ3n) is 5.89. The molecule has 0 bridgehead atoms. The van der Waals surface area contributed by atoms with Crippen LogP contribution in [0.15, 0.2) is 0 Å². The van der Waals surface area contributed by atoms with Crippen LogP contribution in [0.4, 0.5) is 0 Å². The van der Waals surface area contributed by atoms with E-state index in [1.807, 2.05) is 4.90 Å². The Morgan fingerprint density at radius 1 is 1.14 bits per heavy atom. The molecule has 2 saturated heterocycles. The van der Waals surface area contributed by atoms with Crippen LogP contribution in [0.2, 0.25) is 0 Å². The van der Waals surface area contributed by atoms with E-state index in [9.17, 15) is 9.59 Å². The van der Waals surface area contributed by atoms with Crippen molar-refractivity contribution in [2.75, 3.05) is 13.1 Å². The van der Waals surface area contributed by atoms with E-state index < -0.39 is 0 Å². The van der Waals surface area contributed by atoms with Gasteiger partial charge in [0.2, 0.25) is 11.8 Å². The van der Waals surface area contributed by atoms with E-state index >= 15 is 0 Å². The van der Waals surface area contributed by atoms with Crippen LogP contribution in [0.1, 0.15) is 52.4 Å². The Morgan fingerprint density at radius 2 is 1.86 bits per heavy atom. The highest BCUT2D eigenvalue weighted by Crippen LogP contribution is 2.36. The number of carbonyl (C=O) groups is 2. The lowest BCUT2D eigenvalue weighted by molar-refractivity contribution is -0.130. The van der Waals surface area contributed by atoms with Gasteiger partial charge in [0.25, 0.3) is 0 Å². The summed E-state index contributed by atoms with van der Waals surface area (Å²) in [7, 11) is 0. The van der Waals surface area contributed by atoms with Crippen LogP contribution in [-0.4, -0.2) is 47.9 Å². The highest BCUT2D eigenvalue weighted by Gasteiger charge is 2.41. The number of carbonyl (C=O) groups excluding carboxylic acids is 2. The summed E-state index contributed by atoms with van der Waals surface area (Å²) in [5.74, 6) is 1.68. The fourth-order valence-electron chi connectivity index (χ4n) is 4.52. The molecule has 3 aliphatic rings. The van der Waals surface area contributed by atoms with Crippen molar-refractivity contribution in [3.63, 3.8) is 0 Å². The number of rotatable bonds is 2. The second-order valence-electron chi connectivity index (χ2n) is 7.44. The molecule has 3 fully saturated rings. The van der Waals surface area contributed by atoms with E-state index in [2.05, 4.69) is 17.6 Å². The first-order valence-corrected chi connectivity index (χ1v) is 8.86. The SMILES string of the molecule is CC(=O)N1CCC(NC(=O)C2CC3CCCC(C)C3N2)CC1. The standard InChI is InChI=1S/C17H29N3O2/c1-11-4-3-5-13-10-15(19-16(11)13)17(22)18-14-6-8-20(9-7-14)12(2)21/h11,13-16,19H,3-10H2,1-2H3,(H,18,22). The third kappa shape index (κ3) is 3.29. The number of amides is 2. The van der Waals surface area contributed by atoms with Crippen LogP contribution >= 0.6 is 0 Å². The highest BCUT2D eigenvalue weighted by molar-refractivity contribution is 5.82. The Kier molecular flexibility index (Phi) is 4.71. The quantitative estimate of drug-likeness (QED) is 0.808. The number of fused-ring (bicyclic) bond motifs is 1. The Balaban J connectivity index is 1.48. The average molecular weight is 307 g/mol. The van der Waals surface area contributed by atoms with Crippen molar-refractivity contribution in [1.82, 2.24) is 15.5 Å². The van der Waals surface area contributed by atoms with E-state index in [1.165, 1.54) is 19.3 Å². The van der Waals surface area contributed by atoms with Gasteiger partial charge in [-0.1, -0.05) is 13.3 Å². The van der Waals surface area contributed by atoms with Gasteiger partial charge in [-0.25, -0.2) is 0 Å². The Labute approximate surface area is 133 Å². The largest absolute Gasteiger partial charge is 0.352 e. The van der Waals surface area contributed by atoms with Crippen molar-refractivity contribution in [1.29, 1.82) is 0 Å². The Bertz CT molecular complexity index is 432. The minimum atomic E-state index is -0.0126. The summed E-state index contributed by atoms with van der Waals surface area (Å²) in [4.78, 5) is 25.7. The van der Waals surface area contributed by atoms with E-state index in [0.29, 0.717) is 17.9 Å². The molecule has 5 nitrogen and oxygen atoms in total. The molecular formula is C17H29N3O2. The fourth-order valence-corrected chi connectivity index (χ4v) is 4.52. The zero-order chi connectivity index (χ0) is 15.7. The van der Waals surface area contributed by atoms with Crippen LogP contribution in [0.5, 0.6) is 0 Å². The molecule has 2 N–H and O–H groups in total. The molecule has 2 aliphatic heterocycles. The smallest absolute Gasteiger partial charge is 0.237 e. The summed E-state index contributed by atoms with van der Waals surface area (Å²) in [6.07, 6.45) is 6.60. The van der Waals surface area contributed by atoms with Crippen LogP contribution in [0.3, 0.4) is 0 Å². The van der Waals surface area contributed by atoms with Crippen LogP contribution in [0, 0.1) is 11.8 Å². The third-order valence-corrected chi connectivity index (χ3v) is 5.89. The van der Waals surface area contributed by atoms with Crippen LogP contribution < -0.4 is 10.6 Å². The molecule has 3 rings (SSSR count). The van der Waals surface area contributed by atoms with E-state index in [-0.39, 0.29) is 23.9 Å². The minimum Gasteiger partial charge on any atom is -0.352 e. The van der Waals surface area contributed by atoms with Gasteiger partial charge in [-0.15, -0.1) is 0 Å². The van der Waals surface area contributed by atoms with Gasteiger partial charge in [-0.2, -0.15) is 0 Å². The molecule has 4 atom stereocenters. The average Bonchev–Trinajstić information content (AvgIpc) is 2.93. The first-order chi connectivity index (χ1) is 10.5. The monoisotopic (exact) mass is 307 g/mol. The molecule has 124 valence electrons. The molecule has 4 unspecified atom stereocenters. The fraction of sp³-hybridized carbons (Fsp3) is 0.882. The molecule has 0 aromatic carbocycles. The summed E-state index contributed by atoms with van der Waals surface area (Å²) >= 11 is 0. The molecule has 2 amide bonds. The van der Waals surface area contributed by atoms with Crippen molar-refractivity contribution in [3.05, 3.63) is 0 Å². The maximum absolute atomic E-state index is 12.5. The van der Waals surface area contributed by atoms with Gasteiger partial charge in [0.1, 0.15) is 0 Å². The minimum absolute atomic E-state index is 0.0126. The highest BCUT2D eigenvalue weighted by atomic mass is 16.2. The summed E-state index contributed by atoms with van der Waals surface area (Å²) in [5, 5.41) is 6.79. The van der Waals surface area contributed by atoms with Gasteiger partial charge in [0.15, 0.2) is 0 Å². The summed E-state index contributed by atoms with van der Waals surface area (Å²) < 4.78 is 0. The number of nitrogens with one attached hydrogen (secondary N) is 2. The molecule has 22 heavy (non-hydrogen) atoms. The summed E-state index contributed by atoms with van der Waals surface area (Å²) in [6.45, 7) is 5.45. The number of nitrogens with zero attached hydrogens (tertiary/aromatic N) is 1. The van der Waals surface area contributed by atoms with Crippen molar-refractivity contribution < 1.29 is 9.59 Å². The Hall–Kier alpha value is -1.10. The van der Waals surface area contributed by atoms with Crippen molar-refractivity contribution in [3.8, 4) is 0 Å².